The predicted octanol–water partition coefficient (Wildman–Crippen LogP) is 4.76. The van der Waals surface area contributed by atoms with E-state index in [4.69, 9.17) is 28.5 Å². The fourth-order valence-electron chi connectivity index (χ4n) is 1.63. The maximum absolute atomic E-state index is 12.0. The van der Waals surface area contributed by atoms with Gasteiger partial charge in [0.2, 0.25) is 0 Å². The number of benzene rings is 2. The summed E-state index contributed by atoms with van der Waals surface area (Å²) in [5.74, 6) is -0.175. The van der Waals surface area contributed by atoms with E-state index in [0.717, 1.165) is 0 Å². The SMILES string of the molecule is N#Cc1ccc(C(=O)C=Cc2c(Cl)cccc2Cl)cc1. The molecule has 0 aromatic heterocycles. The standard InChI is InChI=1S/C16H9Cl2NO/c17-14-2-1-3-15(18)13(14)8-9-16(20)12-6-4-11(10-19)5-7-12/h1-9H. The molecule has 0 unspecified atom stereocenters. The molecule has 0 atom stereocenters. The Morgan fingerprint density at radius 3 is 2.20 bits per heavy atom. The Hall–Kier alpha value is -2.08. The molecule has 0 N–H and O–H groups in total. The summed E-state index contributed by atoms with van der Waals surface area (Å²) < 4.78 is 0. The van der Waals surface area contributed by atoms with Crippen molar-refractivity contribution in [1.29, 1.82) is 5.26 Å². The normalized spacial score (nSPS) is 10.4. The molecule has 0 saturated heterocycles. The van der Waals surface area contributed by atoms with E-state index in [1.54, 1.807) is 48.5 Å². The lowest BCUT2D eigenvalue weighted by Gasteiger charge is -2.01. The van der Waals surface area contributed by atoms with Gasteiger partial charge < -0.3 is 0 Å². The number of ketones is 1. The van der Waals surface area contributed by atoms with Crippen LogP contribution in [0.3, 0.4) is 0 Å². The minimum Gasteiger partial charge on any atom is -0.289 e. The molecule has 2 rings (SSSR count). The largest absolute Gasteiger partial charge is 0.289 e. The summed E-state index contributed by atoms with van der Waals surface area (Å²) in [6.07, 6.45) is 3.00. The molecule has 0 aliphatic rings. The minimum absolute atomic E-state index is 0.175. The van der Waals surface area contributed by atoms with Gasteiger partial charge in [0.05, 0.1) is 11.6 Å². The van der Waals surface area contributed by atoms with Crippen LogP contribution in [0.2, 0.25) is 10.0 Å². The smallest absolute Gasteiger partial charge is 0.185 e. The summed E-state index contributed by atoms with van der Waals surface area (Å²) >= 11 is 12.0. The van der Waals surface area contributed by atoms with Crippen molar-refractivity contribution in [2.45, 2.75) is 0 Å². The van der Waals surface area contributed by atoms with E-state index in [9.17, 15) is 4.79 Å². The van der Waals surface area contributed by atoms with Crippen LogP contribution in [0, 0.1) is 11.3 Å². The maximum Gasteiger partial charge on any atom is 0.185 e. The molecule has 98 valence electrons. The molecule has 0 aliphatic carbocycles. The molecule has 20 heavy (non-hydrogen) atoms. The summed E-state index contributed by atoms with van der Waals surface area (Å²) in [5, 5.41) is 9.68. The fraction of sp³-hybridized carbons (Fsp3) is 0. The van der Waals surface area contributed by atoms with Crippen LogP contribution in [0.5, 0.6) is 0 Å². The van der Waals surface area contributed by atoms with Gasteiger partial charge in [0.1, 0.15) is 0 Å². The van der Waals surface area contributed by atoms with Crippen molar-refractivity contribution in [2.75, 3.05) is 0 Å². The lowest BCUT2D eigenvalue weighted by Crippen LogP contribution is -1.94. The zero-order chi connectivity index (χ0) is 14.5. The van der Waals surface area contributed by atoms with Crippen molar-refractivity contribution >= 4 is 35.1 Å². The second kappa shape index (κ2) is 6.38. The topological polar surface area (TPSA) is 40.9 Å². The Labute approximate surface area is 126 Å². The zero-order valence-corrected chi connectivity index (χ0v) is 11.8. The molecular weight excluding hydrogens is 293 g/mol. The maximum atomic E-state index is 12.0. The molecule has 0 radical (unpaired) electrons. The van der Waals surface area contributed by atoms with Crippen molar-refractivity contribution in [2.24, 2.45) is 0 Å². The molecule has 0 spiro atoms. The molecule has 0 bridgehead atoms. The molecular formula is C16H9Cl2NO. The molecule has 2 nitrogen and oxygen atoms in total. The van der Waals surface area contributed by atoms with Crippen LogP contribution in [0.25, 0.3) is 6.08 Å². The Morgan fingerprint density at radius 2 is 1.65 bits per heavy atom. The molecule has 0 aliphatic heterocycles. The van der Waals surface area contributed by atoms with Gasteiger partial charge in [0, 0.05) is 21.2 Å². The molecule has 0 fully saturated rings. The lowest BCUT2D eigenvalue weighted by molar-refractivity contribution is 0.104. The average Bonchev–Trinajstić information content (AvgIpc) is 2.46. The van der Waals surface area contributed by atoms with Crippen LogP contribution in [-0.2, 0) is 0 Å². The molecule has 4 heteroatoms. The third-order valence-electron chi connectivity index (χ3n) is 2.70. The molecule has 0 heterocycles. The van der Waals surface area contributed by atoms with Crippen LogP contribution in [0.1, 0.15) is 21.5 Å². The first kappa shape index (κ1) is 14.3. The first-order valence-electron chi connectivity index (χ1n) is 5.78. The number of carbonyl (C=O) groups excluding carboxylic acids is 1. The quantitative estimate of drug-likeness (QED) is 0.606. The number of hydrogen-bond donors (Lipinski definition) is 0. The number of carbonyl (C=O) groups is 1. The van der Waals surface area contributed by atoms with E-state index in [0.29, 0.717) is 26.7 Å². The molecule has 0 saturated carbocycles. The van der Waals surface area contributed by atoms with E-state index in [2.05, 4.69) is 0 Å². The van der Waals surface area contributed by atoms with Crippen LogP contribution < -0.4 is 0 Å². The Kier molecular flexibility index (Phi) is 4.57. The number of nitriles is 1. The van der Waals surface area contributed by atoms with Gasteiger partial charge in [-0.25, -0.2) is 0 Å². The zero-order valence-electron chi connectivity index (χ0n) is 10.3. The summed E-state index contributed by atoms with van der Waals surface area (Å²) in [4.78, 5) is 12.0. The van der Waals surface area contributed by atoms with Gasteiger partial charge in [-0.2, -0.15) is 5.26 Å². The third kappa shape index (κ3) is 3.27. The summed E-state index contributed by atoms with van der Waals surface area (Å²) in [6.45, 7) is 0. The van der Waals surface area contributed by atoms with Crippen LogP contribution in [0.15, 0.2) is 48.5 Å². The molecule has 0 amide bonds. The minimum atomic E-state index is -0.175. The van der Waals surface area contributed by atoms with Crippen LogP contribution >= 0.6 is 23.2 Å². The Balaban J connectivity index is 2.23. The second-order valence-electron chi connectivity index (χ2n) is 4.02. The highest BCUT2D eigenvalue weighted by molar-refractivity contribution is 6.37. The van der Waals surface area contributed by atoms with Crippen molar-refractivity contribution in [3.8, 4) is 6.07 Å². The van der Waals surface area contributed by atoms with Crippen molar-refractivity contribution in [3.63, 3.8) is 0 Å². The highest BCUT2D eigenvalue weighted by Crippen LogP contribution is 2.25. The van der Waals surface area contributed by atoms with Gasteiger partial charge in [-0.05, 0) is 48.6 Å². The van der Waals surface area contributed by atoms with Gasteiger partial charge in [0.25, 0.3) is 0 Å². The van der Waals surface area contributed by atoms with Gasteiger partial charge >= 0.3 is 0 Å². The number of halogens is 2. The number of rotatable bonds is 3. The monoisotopic (exact) mass is 301 g/mol. The lowest BCUT2D eigenvalue weighted by atomic mass is 10.1. The van der Waals surface area contributed by atoms with Crippen molar-refractivity contribution < 1.29 is 4.79 Å². The van der Waals surface area contributed by atoms with Crippen LogP contribution in [0.4, 0.5) is 0 Å². The van der Waals surface area contributed by atoms with E-state index >= 15 is 0 Å². The highest BCUT2D eigenvalue weighted by atomic mass is 35.5. The average molecular weight is 302 g/mol. The Morgan fingerprint density at radius 1 is 1.05 bits per heavy atom. The summed E-state index contributed by atoms with van der Waals surface area (Å²) in [5.41, 5.74) is 1.63. The van der Waals surface area contributed by atoms with Crippen molar-refractivity contribution in [3.05, 3.63) is 75.3 Å². The van der Waals surface area contributed by atoms with Gasteiger partial charge in [-0.1, -0.05) is 29.3 Å². The second-order valence-corrected chi connectivity index (χ2v) is 4.84. The van der Waals surface area contributed by atoms with Gasteiger partial charge in [-0.15, -0.1) is 0 Å². The fourth-order valence-corrected chi connectivity index (χ4v) is 2.16. The number of hydrogen-bond acceptors (Lipinski definition) is 2. The first-order chi connectivity index (χ1) is 9.61. The van der Waals surface area contributed by atoms with Gasteiger partial charge in [0.15, 0.2) is 5.78 Å². The highest BCUT2D eigenvalue weighted by Gasteiger charge is 2.04. The third-order valence-corrected chi connectivity index (χ3v) is 3.36. The summed E-state index contributed by atoms with van der Waals surface area (Å²) in [6, 6.07) is 13.6. The van der Waals surface area contributed by atoms with E-state index < -0.39 is 0 Å². The molecule has 2 aromatic carbocycles. The number of nitrogens with zero attached hydrogens (tertiary/aromatic N) is 1. The predicted molar refractivity (Wildman–Crippen MR) is 81.0 cm³/mol. The summed E-state index contributed by atoms with van der Waals surface area (Å²) in [7, 11) is 0. The first-order valence-corrected chi connectivity index (χ1v) is 6.54. The molecule has 2 aromatic rings. The van der Waals surface area contributed by atoms with Crippen LogP contribution in [-0.4, -0.2) is 5.78 Å². The van der Waals surface area contributed by atoms with Crippen molar-refractivity contribution in [1.82, 2.24) is 0 Å². The van der Waals surface area contributed by atoms with E-state index in [1.807, 2.05) is 6.07 Å². The van der Waals surface area contributed by atoms with E-state index in [-0.39, 0.29) is 5.78 Å². The number of allylic oxidation sites excluding steroid dienone is 1. The Bertz CT molecular complexity index is 692. The van der Waals surface area contributed by atoms with E-state index in [1.165, 1.54) is 6.08 Å². The van der Waals surface area contributed by atoms with Gasteiger partial charge in [-0.3, -0.25) is 4.79 Å².